The Labute approximate surface area is 137 Å². The number of hydrazine groups is 1. The Balaban J connectivity index is 5.86. The highest BCUT2D eigenvalue weighted by Crippen LogP contribution is 2.49. The van der Waals surface area contributed by atoms with E-state index in [1.54, 1.807) is 0 Å². The molecule has 0 bridgehead atoms. The van der Waals surface area contributed by atoms with Crippen molar-refractivity contribution in [3.63, 3.8) is 0 Å². The first-order chi connectivity index (χ1) is 11.6. The molecule has 27 heavy (non-hydrogen) atoms. The minimum atomic E-state index is -7.11. The summed E-state index contributed by atoms with van der Waals surface area (Å²) in [6.07, 6.45) is -18.2. The van der Waals surface area contributed by atoms with E-state index < -0.39 is 48.1 Å². The van der Waals surface area contributed by atoms with Crippen LogP contribution < -0.4 is 11.3 Å². The molecule has 3 N–H and O–H groups in total. The summed E-state index contributed by atoms with van der Waals surface area (Å²) in [5.41, 5.74) is 0.399. The first-order valence-electron chi connectivity index (χ1n) is 5.65. The minimum absolute atomic E-state index is 0.399. The average Bonchev–Trinajstić information content (AvgIpc) is 2.44. The number of rotatable bonds is 6. The van der Waals surface area contributed by atoms with Crippen molar-refractivity contribution < 1.29 is 66.3 Å². The Morgan fingerprint density at radius 3 is 1.41 bits per heavy atom. The van der Waals surface area contributed by atoms with Gasteiger partial charge in [-0.3, -0.25) is 10.6 Å². The summed E-state index contributed by atoms with van der Waals surface area (Å²) in [6.45, 7) is 0. The van der Waals surface area contributed by atoms with E-state index in [2.05, 4.69) is 5.84 Å². The second kappa shape index (κ2) is 6.99. The maximum atomic E-state index is 13.1. The molecule has 0 saturated heterocycles. The number of nitrogens with zero attached hydrogens (tertiary/aromatic N) is 2. The van der Waals surface area contributed by atoms with E-state index in [1.165, 1.54) is 10.2 Å². The third kappa shape index (κ3) is 4.22. The number of halogens is 14. The number of carbonyl (C=O) groups is 1. The number of hydrogen-bond acceptors (Lipinski definition) is 4. The molecule has 0 saturated carbocycles. The van der Waals surface area contributed by atoms with E-state index in [4.69, 9.17) is 0 Å². The van der Waals surface area contributed by atoms with Crippen LogP contribution in [0.3, 0.4) is 0 Å². The Morgan fingerprint density at radius 1 is 0.741 bits per heavy atom. The second-order valence-electron chi connectivity index (χ2n) is 4.43. The topological polar surface area (TPSA) is 79.8 Å². The molecule has 5 nitrogen and oxygen atoms in total. The van der Waals surface area contributed by atoms with Crippen molar-refractivity contribution in [2.24, 2.45) is 16.1 Å². The smallest absolute Gasteiger partial charge is 0.269 e. The van der Waals surface area contributed by atoms with E-state index in [0.717, 1.165) is 0 Å². The van der Waals surface area contributed by atoms with Gasteiger partial charge >= 0.3 is 41.9 Å². The van der Waals surface area contributed by atoms with Crippen molar-refractivity contribution in [3.8, 4) is 0 Å². The first kappa shape index (κ1) is 25.2. The maximum absolute atomic E-state index is 13.1. The lowest BCUT2D eigenvalue weighted by molar-refractivity contribution is -0.360. The van der Waals surface area contributed by atoms with Crippen LogP contribution in [0.5, 0.6) is 0 Å². The molecule has 0 fully saturated rings. The van der Waals surface area contributed by atoms with Crippen LogP contribution in [0, 0.1) is 0 Å². The molecular weight excluding hydrogens is 434 g/mol. The molecule has 1 amide bonds. The second-order valence-corrected chi connectivity index (χ2v) is 4.43. The van der Waals surface area contributed by atoms with Gasteiger partial charge in [0, 0.05) is 0 Å². The quantitative estimate of drug-likeness (QED) is 0.289. The Hall–Kier alpha value is -1.79. The van der Waals surface area contributed by atoms with Gasteiger partial charge in [0.2, 0.25) is 6.17 Å². The van der Waals surface area contributed by atoms with Crippen LogP contribution in [0.2, 0.25) is 0 Å². The molecule has 0 aromatic rings. The van der Waals surface area contributed by atoms with Gasteiger partial charge in [0.15, 0.2) is 0 Å². The molecule has 0 aromatic carbocycles. The summed E-state index contributed by atoms with van der Waals surface area (Å²) in [6, 6.07) is 0. The van der Waals surface area contributed by atoms with E-state index in [9.17, 15) is 66.3 Å². The maximum Gasteiger partial charge on any atom is 0.460 e. The van der Waals surface area contributed by atoms with Gasteiger partial charge in [0.25, 0.3) is 0 Å². The van der Waals surface area contributed by atoms with Crippen LogP contribution in [0.15, 0.2) is 10.2 Å². The lowest BCUT2D eigenvalue weighted by Crippen LogP contribution is -2.62. The molecule has 0 heterocycles. The molecule has 0 spiro atoms. The summed E-state index contributed by atoms with van der Waals surface area (Å²) >= 11 is 0. The SMILES string of the molecule is NNC(N=NC(=O)C(F)(F)C(F)(F)C(F)(F)F)C(F)(F)C(F)(F)C(F)(F)F. The van der Waals surface area contributed by atoms with Gasteiger partial charge in [-0.15, -0.1) is 5.11 Å². The van der Waals surface area contributed by atoms with Crippen molar-refractivity contribution in [1.82, 2.24) is 5.43 Å². The molecule has 0 aromatic heterocycles. The summed E-state index contributed by atoms with van der Waals surface area (Å²) < 4.78 is 173. The number of azo groups is 1. The van der Waals surface area contributed by atoms with Gasteiger partial charge in [-0.1, -0.05) is 0 Å². The molecule has 0 aliphatic carbocycles. The van der Waals surface area contributed by atoms with Crippen LogP contribution in [0.25, 0.3) is 0 Å². The Bertz CT molecular complexity index is 579. The monoisotopic (exact) mass is 438 g/mol. The number of hydrogen-bond donors (Lipinski definition) is 2. The van der Waals surface area contributed by atoms with E-state index in [0.29, 0.717) is 5.43 Å². The minimum Gasteiger partial charge on any atom is -0.269 e. The van der Waals surface area contributed by atoms with Gasteiger partial charge in [-0.05, 0) is 0 Å². The predicted molar refractivity (Wildman–Crippen MR) is 52.9 cm³/mol. The number of nitrogens with one attached hydrogen (secondary N) is 1. The number of alkyl halides is 14. The fourth-order valence-corrected chi connectivity index (χ4v) is 1.06. The first-order valence-corrected chi connectivity index (χ1v) is 5.65. The Kier molecular flexibility index (Phi) is 6.52. The zero-order valence-electron chi connectivity index (χ0n) is 11.7. The van der Waals surface area contributed by atoms with Crippen LogP contribution in [0.4, 0.5) is 61.5 Å². The van der Waals surface area contributed by atoms with Crippen molar-refractivity contribution in [3.05, 3.63) is 0 Å². The van der Waals surface area contributed by atoms with Gasteiger partial charge in [0.05, 0.1) is 0 Å². The predicted octanol–water partition coefficient (Wildman–Crippen LogP) is 3.42. The van der Waals surface area contributed by atoms with Crippen LogP contribution in [-0.4, -0.2) is 48.1 Å². The van der Waals surface area contributed by atoms with Gasteiger partial charge in [-0.2, -0.15) is 66.6 Å². The van der Waals surface area contributed by atoms with Gasteiger partial charge < -0.3 is 0 Å². The standard InChI is InChI=1S/C8H4F14N4O/c9-3(10,5(13,14)7(17,18)19)1(24-23)25-26-2(27)4(11,12)6(15,16)8(20,21)22/h1,24H,23H2. The third-order valence-corrected chi connectivity index (χ3v) is 2.56. The number of nitrogens with two attached hydrogens (primary N) is 1. The average molecular weight is 438 g/mol. The van der Waals surface area contributed by atoms with Crippen molar-refractivity contribution >= 4 is 5.91 Å². The summed E-state index contributed by atoms with van der Waals surface area (Å²) in [4.78, 5) is 10.6. The third-order valence-electron chi connectivity index (χ3n) is 2.56. The highest BCUT2D eigenvalue weighted by atomic mass is 19.4. The van der Waals surface area contributed by atoms with E-state index >= 15 is 0 Å². The summed E-state index contributed by atoms with van der Waals surface area (Å²) in [5.74, 6) is -27.0. The highest BCUT2D eigenvalue weighted by Gasteiger charge is 2.77. The van der Waals surface area contributed by atoms with Crippen molar-refractivity contribution in [2.75, 3.05) is 0 Å². The van der Waals surface area contributed by atoms with E-state index in [1.807, 2.05) is 0 Å². The lowest BCUT2D eigenvalue weighted by Gasteiger charge is -2.31. The summed E-state index contributed by atoms with van der Waals surface area (Å²) in [7, 11) is 0. The Morgan fingerprint density at radius 2 is 1.11 bits per heavy atom. The molecule has 160 valence electrons. The molecule has 1 atom stereocenters. The number of amides is 1. The van der Waals surface area contributed by atoms with Crippen molar-refractivity contribution in [1.29, 1.82) is 0 Å². The fourth-order valence-electron chi connectivity index (χ4n) is 1.06. The van der Waals surface area contributed by atoms with E-state index in [-0.39, 0.29) is 0 Å². The fraction of sp³-hybridized carbons (Fsp3) is 0.875. The molecule has 1 unspecified atom stereocenters. The van der Waals surface area contributed by atoms with Gasteiger partial charge in [0.1, 0.15) is 0 Å². The largest absolute Gasteiger partial charge is 0.460 e. The highest BCUT2D eigenvalue weighted by molar-refractivity contribution is 5.85. The normalized spacial score (nSPS) is 16.7. The van der Waals surface area contributed by atoms with Gasteiger partial charge in [-0.25, -0.2) is 5.43 Å². The molecular formula is C8H4F14N4O. The summed E-state index contributed by atoms with van der Waals surface area (Å²) in [5, 5.41) is 2.73. The van der Waals surface area contributed by atoms with Crippen LogP contribution >= 0.6 is 0 Å². The van der Waals surface area contributed by atoms with Crippen LogP contribution in [-0.2, 0) is 4.79 Å². The number of carbonyl (C=O) groups excluding carboxylic acids is 1. The molecule has 0 aliphatic heterocycles. The molecule has 19 heteroatoms. The lowest BCUT2D eigenvalue weighted by atomic mass is 10.1. The van der Waals surface area contributed by atoms with Crippen LogP contribution in [0.1, 0.15) is 0 Å². The molecule has 0 radical (unpaired) electrons. The zero-order valence-corrected chi connectivity index (χ0v) is 11.7. The zero-order chi connectivity index (χ0) is 22.3. The van der Waals surface area contributed by atoms with Crippen molar-refractivity contribution in [2.45, 2.75) is 42.2 Å². The molecule has 0 rings (SSSR count). The molecule has 0 aliphatic rings.